The number of halogens is 1. The number of aromatic nitrogens is 3. The largest absolute Gasteiger partial charge is 0.361 e. The van der Waals surface area contributed by atoms with Crippen LogP contribution in [0.4, 0.5) is 0 Å². The van der Waals surface area contributed by atoms with E-state index in [9.17, 15) is 4.79 Å². The van der Waals surface area contributed by atoms with Crippen LogP contribution in [0.5, 0.6) is 0 Å². The van der Waals surface area contributed by atoms with Crippen molar-refractivity contribution in [1.82, 2.24) is 20.4 Å². The van der Waals surface area contributed by atoms with E-state index in [0.717, 1.165) is 26.9 Å². The number of rotatable bonds is 8. The third kappa shape index (κ3) is 4.69. The number of fused-ring (bicyclic) bond motifs is 1. The van der Waals surface area contributed by atoms with Crippen molar-refractivity contribution in [2.45, 2.75) is 18.8 Å². The Morgan fingerprint density at radius 1 is 1.09 bits per heavy atom. The molecule has 33 heavy (non-hydrogen) atoms. The minimum Gasteiger partial charge on any atom is -0.361 e. The second kappa shape index (κ2) is 9.60. The van der Waals surface area contributed by atoms with Crippen LogP contribution < -0.4 is 5.32 Å². The van der Waals surface area contributed by atoms with Gasteiger partial charge in [-0.25, -0.2) is 0 Å². The van der Waals surface area contributed by atoms with Crippen LogP contribution in [0.3, 0.4) is 0 Å². The fourth-order valence-corrected chi connectivity index (χ4v) is 4.83. The number of amides is 1. The van der Waals surface area contributed by atoms with Gasteiger partial charge in [-0.3, -0.25) is 4.79 Å². The van der Waals surface area contributed by atoms with Gasteiger partial charge in [0.1, 0.15) is 0 Å². The van der Waals surface area contributed by atoms with E-state index in [1.54, 1.807) is 11.3 Å². The van der Waals surface area contributed by atoms with Crippen molar-refractivity contribution >= 4 is 39.7 Å². The average molecular weight is 477 g/mol. The van der Waals surface area contributed by atoms with Crippen molar-refractivity contribution in [3.05, 3.63) is 94.3 Å². The summed E-state index contributed by atoms with van der Waals surface area (Å²) in [5.41, 5.74) is 3.12. The molecule has 2 N–H and O–H groups in total. The van der Waals surface area contributed by atoms with Crippen LogP contribution >= 0.6 is 22.9 Å². The first-order chi connectivity index (χ1) is 16.2. The summed E-state index contributed by atoms with van der Waals surface area (Å²) in [5.74, 6) is 0.835. The lowest BCUT2D eigenvalue weighted by Gasteiger charge is -2.19. The first kappa shape index (κ1) is 21.4. The number of H-pyrrole nitrogens is 1. The van der Waals surface area contributed by atoms with Gasteiger partial charge in [-0.2, -0.15) is 4.98 Å². The zero-order chi connectivity index (χ0) is 22.6. The van der Waals surface area contributed by atoms with Crippen LogP contribution in [-0.4, -0.2) is 27.6 Å². The second-order valence-corrected chi connectivity index (χ2v) is 9.01. The van der Waals surface area contributed by atoms with Crippen molar-refractivity contribution < 1.29 is 9.32 Å². The molecule has 0 aliphatic rings. The molecule has 0 spiro atoms. The maximum absolute atomic E-state index is 12.7. The Morgan fingerprint density at radius 2 is 1.94 bits per heavy atom. The highest BCUT2D eigenvalue weighted by atomic mass is 35.5. The number of carbonyl (C=O) groups is 1. The SMILES string of the molecule is O=C(CCc1nc(-c2cccs2)no1)NCC(c1ccccc1Cl)c1c[nH]c2ccccc12. The van der Waals surface area contributed by atoms with E-state index >= 15 is 0 Å². The van der Waals surface area contributed by atoms with Gasteiger partial charge in [0.05, 0.1) is 4.88 Å². The number of hydrogen-bond donors (Lipinski definition) is 2. The molecule has 1 amide bonds. The zero-order valence-corrected chi connectivity index (χ0v) is 19.2. The molecule has 0 saturated carbocycles. The Bertz CT molecular complexity index is 1380. The number of thiophene rings is 1. The summed E-state index contributed by atoms with van der Waals surface area (Å²) in [7, 11) is 0. The van der Waals surface area contributed by atoms with Crippen molar-refractivity contribution in [2.24, 2.45) is 0 Å². The molecule has 5 rings (SSSR count). The molecule has 0 bridgehead atoms. The molecule has 3 aromatic heterocycles. The molecule has 166 valence electrons. The third-order valence-electron chi connectivity index (χ3n) is 5.56. The van der Waals surface area contributed by atoms with Crippen molar-refractivity contribution in [3.8, 4) is 10.7 Å². The molecule has 1 atom stereocenters. The van der Waals surface area contributed by atoms with E-state index < -0.39 is 0 Å². The Morgan fingerprint density at radius 3 is 2.79 bits per heavy atom. The van der Waals surface area contributed by atoms with Gasteiger partial charge in [0, 0.05) is 47.4 Å². The molecule has 6 nitrogen and oxygen atoms in total. The molecule has 1 unspecified atom stereocenters. The lowest BCUT2D eigenvalue weighted by molar-refractivity contribution is -0.121. The van der Waals surface area contributed by atoms with Gasteiger partial charge in [-0.05, 0) is 34.7 Å². The highest BCUT2D eigenvalue weighted by Gasteiger charge is 2.21. The van der Waals surface area contributed by atoms with Gasteiger partial charge in [0.25, 0.3) is 0 Å². The first-order valence-corrected chi connectivity index (χ1v) is 11.9. The van der Waals surface area contributed by atoms with Gasteiger partial charge in [0.15, 0.2) is 0 Å². The van der Waals surface area contributed by atoms with E-state index in [-0.39, 0.29) is 18.2 Å². The van der Waals surface area contributed by atoms with Crippen LogP contribution in [0.25, 0.3) is 21.6 Å². The van der Waals surface area contributed by atoms with Gasteiger partial charge < -0.3 is 14.8 Å². The lowest BCUT2D eigenvalue weighted by Crippen LogP contribution is -2.29. The van der Waals surface area contributed by atoms with E-state index in [1.165, 1.54) is 0 Å². The summed E-state index contributed by atoms with van der Waals surface area (Å²) >= 11 is 8.08. The quantitative estimate of drug-likeness (QED) is 0.296. The third-order valence-corrected chi connectivity index (χ3v) is 6.77. The molecular weight excluding hydrogens is 456 g/mol. The number of aromatic amines is 1. The summed E-state index contributed by atoms with van der Waals surface area (Å²) in [5, 5.41) is 10.8. The van der Waals surface area contributed by atoms with Gasteiger partial charge in [0.2, 0.25) is 17.6 Å². The van der Waals surface area contributed by atoms with Crippen molar-refractivity contribution in [2.75, 3.05) is 6.54 Å². The fraction of sp³-hybridized carbons (Fsp3) is 0.160. The first-order valence-electron chi connectivity index (χ1n) is 10.6. The molecule has 8 heteroatoms. The molecule has 5 aromatic rings. The molecule has 0 aliphatic carbocycles. The molecule has 0 saturated heterocycles. The molecular formula is C25H21ClN4O2S. The average Bonchev–Trinajstić information content (AvgIpc) is 3.59. The smallest absolute Gasteiger partial charge is 0.227 e. The van der Waals surface area contributed by atoms with Gasteiger partial charge in [-0.1, -0.05) is 59.2 Å². The maximum atomic E-state index is 12.7. The summed E-state index contributed by atoms with van der Waals surface area (Å²) in [6.45, 7) is 0.425. The van der Waals surface area contributed by atoms with Crippen LogP contribution in [0.2, 0.25) is 5.02 Å². The van der Waals surface area contributed by atoms with Crippen LogP contribution in [0.1, 0.15) is 29.4 Å². The molecule has 2 aromatic carbocycles. The monoisotopic (exact) mass is 476 g/mol. The number of carbonyl (C=O) groups excluding carboxylic acids is 1. The highest BCUT2D eigenvalue weighted by Crippen LogP contribution is 2.34. The predicted molar refractivity (Wildman–Crippen MR) is 131 cm³/mol. The summed E-state index contributed by atoms with van der Waals surface area (Å²) in [6.07, 6.45) is 2.64. The van der Waals surface area contributed by atoms with E-state index in [0.29, 0.717) is 29.7 Å². The fourth-order valence-electron chi connectivity index (χ4n) is 3.91. The maximum Gasteiger partial charge on any atom is 0.227 e. The molecule has 0 radical (unpaired) electrons. The summed E-state index contributed by atoms with van der Waals surface area (Å²) < 4.78 is 5.30. The molecule has 0 fully saturated rings. The van der Waals surface area contributed by atoms with Crippen LogP contribution in [-0.2, 0) is 11.2 Å². The number of benzene rings is 2. The number of para-hydroxylation sites is 1. The molecule has 0 aliphatic heterocycles. The normalized spacial score (nSPS) is 12.2. The molecule has 3 heterocycles. The second-order valence-electron chi connectivity index (χ2n) is 7.66. The minimum absolute atomic E-state index is 0.0808. The Labute approximate surface area is 199 Å². The van der Waals surface area contributed by atoms with Gasteiger partial charge in [-0.15, -0.1) is 11.3 Å². The van der Waals surface area contributed by atoms with Gasteiger partial charge >= 0.3 is 0 Å². The number of aryl methyl sites for hydroxylation is 1. The minimum atomic E-state index is -0.0902. The topological polar surface area (TPSA) is 83.8 Å². The zero-order valence-electron chi connectivity index (χ0n) is 17.6. The Kier molecular flexibility index (Phi) is 6.24. The summed E-state index contributed by atoms with van der Waals surface area (Å²) in [4.78, 5) is 21.3. The number of hydrogen-bond acceptors (Lipinski definition) is 5. The van der Waals surface area contributed by atoms with E-state index in [4.69, 9.17) is 16.1 Å². The Hall–Kier alpha value is -3.42. The van der Waals surface area contributed by atoms with Crippen molar-refractivity contribution in [3.63, 3.8) is 0 Å². The predicted octanol–water partition coefficient (Wildman–Crippen LogP) is 5.81. The van der Waals surface area contributed by atoms with E-state index in [2.05, 4.69) is 26.5 Å². The van der Waals surface area contributed by atoms with Crippen molar-refractivity contribution in [1.29, 1.82) is 0 Å². The number of nitrogens with zero attached hydrogens (tertiary/aromatic N) is 2. The lowest BCUT2D eigenvalue weighted by atomic mass is 9.90. The Balaban J connectivity index is 1.29. The van der Waals surface area contributed by atoms with Crippen LogP contribution in [0.15, 0.2) is 76.8 Å². The van der Waals surface area contributed by atoms with E-state index in [1.807, 2.05) is 66.2 Å². The highest BCUT2D eigenvalue weighted by molar-refractivity contribution is 7.13. The standard InChI is InChI=1S/C25H21ClN4O2S/c26-20-8-3-1-6-16(20)18(19-14-27-21-9-4-2-7-17(19)21)15-28-23(31)11-12-24-29-25(30-32-24)22-10-5-13-33-22/h1-10,13-14,18,27H,11-12,15H2,(H,28,31). The number of nitrogens with one attached hydrogen (secondary N) is 2. The summed E-state index contributed by atoms with van der Waals surface area (Å²) in [6, 6.07) is 19.7. The van der Waals surface area contributed by atoms with Crippen LogP contribution in [0, 0.1) is 0 Å².